The number of carbonyl (C=O) groups excluding carboxylic acids is 1. The molecule has 0 N–H and O–H groups in total. The lowest BCUT2D eigenvalue weighted by Gasteiger charge is -2.16. The van der Waals surface area contributed by atoms with Crippen molar-refractivity contribution in [3.05, 3.63) is 34.4 Å². The summed E-state index contributed by atoms with van der Waals surface area (Å²) < 4.78 is 10.4. The number of benzene rings is 1. The minimum absolute atomic E-state index is 0.0726. The van der Waals surface area contributed by atoms with Crippen LogP contribution in [0.4, 0.5) is 5.69 Å². The Morgan fingerprint density at radius 1 is 1.42 bits per heavy atom. The van der Waals surface area contributed by atoms with Crippen LogP contribution in [0.1, 0.15) is 26.7 Å². The number of ether oxygens (including phenoxy) is 2. The minimum atomic E-state index is -0.730. The number of esters is 1. The van der Waals surface area contributed by atoms with Crippen molar-refractivity contribution in [3.63, 3.8) is 0 Å². The van der Waals surface area contributed by atoms with Gasteiger partial charge in [0.2, 0.25) is 0 Å². The zero-order valence-corrected chi connectivity index (χ0v) is 11.0. The largest absolute Gasteiger partial charge is 0.478 e. The Hall–Kier alpha value is -2.11. The van der Waals surface area contributed by atoms with Gasteiger partial charge in [-0.3, -0.25) is 10.1 Å². The highest BCUT2D eigenvalue weighted by atomic mass is 16.6. The summed E-state index contributed by atoms with van der Waals surface area (Å²) in [5.41, 5.74) is -0.0726. The van der Waals surface area contributed by atoms with Gasteiger partial charge in [0.25, 0.3) is 5.69 Å². The molecule has 0 radical (unpaired) electrons. The third kappa shape index (κ3) is 4.57. The lowest BCUT2D eigenvalue weighted by atomic mass is 10.2. The molecule has 0 saturated heterocycles. The van der Waals surface area contributed by atoms with Crippen LogP contribution in [0.3, 0.4) is 0 Å². The summed E-state index contributed by atoms with van der Waals surface area (Å²) in [7, 11) is 0. The molecule has 1 unspecified atom stereocenters. The van der Waals surface area contributed by atoms with Gasteiger partial charge < -0.3 is 9.47 Å². The molecule has 0 aliphatic rings. The molecule has 0 aliphatic carbocycles. The third-order valence-corrected chi connectivity index (χ3v) is 2.41. The summed E-state index contributed by atoms with van der Waals surface area (Å²) >= 11 is 0. The van der Waals surface area contributed by atoms with E-state index in [1.807, 2.05) is 6.92 Å². The van der Waals surface area contributed by atoms with Crippen LogP contribution >= 0.6 is 0 Å². The van der Waals surface area contributed by atoms with Crippen LogP contribution in [0.5, 0.6) is 5.75 Å². The van der Waals surface area contributed by atoms with E-state index in [-0.39, 0.29) is 12.3 Å². The smallest absolute Gasteiger partial charge is 0.347 e. The maximum atomic E-state index is 11.7. The summed E-state index contributed by atoms with van der Waals surface area (Å²) in [5, 5.41) is 10.7. The van der Waals surface area contributed by atoms with Crippen LogP contribution < -0.4 is 4.74 Å². The normalized spacial score (nSPS) is 11.7. The zero-order valence-electron chi connectivity index (χ0n) is 11.0. The maximum Gasteiger partial charge on any atom is 0.347 e. The number of rotatable bonds is 7. The highest BCUT2D eigenvalue weighted by Crippen LogP contribution is 2.21. The summed E-state index contributed by atoms with van der Waals surface area (Å²) in [6.45, 7) is 3.91. The first kappa shape index (κ1) is 14.9. The Morgan fingerprint density at radius 2 is 2.16 bits per heavy atom. The second-order valence-electron chi connectivity index (χ2n) is 3.90. The number of nitro groups is 1. The van der Waals surface area contributed by atoms with Crippen molar-refractivity contribution in [1.29, 1.82) is 0 Å². The molecule has 0 saturated carbocycles. The number of nitro benzene ring substituents is 1. The number of carbonyl (C=O) groups is 1. The van der Waals surface area contributed by atoms with Crippen LogP contribution in [0.25, 0.3) is 0 Å². The van der Waals surface area contributed by atoms with E-state index < -0.39 is 17.0 Å². The van der Waals surface area contributed by atoms with Gasteiger partial charge in [-0.2, -0.15) is 0 Å². The molecule has 1 atom stereocenters. The van der Waals surface area contributed by atoms with Crippen molar-refractivity contribution in [2.24, 2.45) is 0 Å². The topological polar surface area (TPSA) is 78.7 Å². The fraction of sp³-hybridized carbons (Fsp3) is 0.462. The Bertz CT molecular complexity index is 446. The van der Waals surface area contributed by atoms with E-state index in [0.29, 0.717) is 12.2 Å². The predicted molar refractivity (Wildman–Crippen MR) is 69.1 cm³/mol. The first-order chi connectivity index (χ1) is 9.08. The molecule has 104 valence electrons. The van der Waals surface area contributed by atoms with Gasteiger partial charge >= 0.3 is 5.97 Å². The van der Waals surface area contributed by atoms with E-state index >= 15 is 0 Å². The molecule has 6 nitrogen and oxygen atoms in total. The quantitative estimate of drug-likeness (QED) is 0.431. The Morgan fingerprint density at radius 3 is 2.74 bits per heavy atom. The molecule has 1 aromatic carbocycles. The second-order valence-corrected chi connectivity index (χ2v) is 3.90. The Kier molecular flexibility index (Phi) is 5.78. The van der Waals surface area contributed by atoms with E-state index in [2.05, 4.69) is 0 Å². The summed E-state index contributed by atoms with van der Waals surface area (Å²) in [4.78, 5) is 21.8. The fourth-order valence-corrected chi connectivity index (χ4v) is 1.56. The van der Waals surface area contributed by atoms with Crippen molar-refractivity contribution >= 4 is 11.7 Å². The Balaban J connectivity index is 2.81. The average Bonchev–Trinajstić information content (AvgIpc) is 2.39. The molecule has 1 aromatic rings. The van der Waals surface area contributed by atoms with Gasteiger partial charge in [0.05, 0.1) is 17.6 Å². The van der Waals surface area contributed by atoms with Crippen molar-refractivity contribution in [1.82, 2.24) is 0 Å². The van der Waals surface area contributed by atoms with Crippen LogP contribution in [0.15, 0.2) is 24.3 Å². The predicted octanol–water partition coefficient (Wildman–Crippen LogP) is 2.71. The first-order valence-electron chi connectivity index (χ1n) is 6.16. The molecule has 0 aliphatic heterocycles. The van der Waals surface area contributed by atoms with Gasteiger partial charge in [0.15, 0.2) is 6.10 Å². The van der Waals surface area contributed by atoms with Gasteiger partial charge in [-0.15, -0.1) is 0 Å². The highest BCUT2D eigenvalue weighted by Gasteiger charge is 2.21. The number of nitrogens with zero attached hydrogens (tertiary/aromatic N) is 1. The molecular weight excluding hydrogens is 250 g/mol. The van der Waals surface area contributed by atoms with E-state index in [0.717, 1.165) is 6.42 Å². The van der Waals surface area contributed by atoms with Gasteiger partial charge in [-0.25, -0.2) is 4.79 Å². The van der Waals surface area contributed by atoms with Crippen molar-refractivity contribution in [3.8, 4) is 5.75 Å². The molecule has 0 aromatic heterocycles. The molecule has 6 heteroatoms. The van der Waals surface area contributed by atoms with Crippen LogP contribution in [0.2, 0.25) is 0 Å². The summed E-state index contributed by atoms with van der Waals surface area (Å²) in [5.74, 6) is -0.156. The molecule has 0 heterocycles. The van der Waals surface area contributed by atoms with Gasteiger partial charge in [-0.05, 0) is 19.4 Å². The summed E-state index contributed by atoms with van der Waals surface area (Å²) in [6, 6.07) is 5.75. The molecule has 1 rings (SSSR count). The van der Waals surface area contributed by atoms with Crippen LogP contribution in [-0.2, 0) is 9.53 Å². The van der Waals surface area contributed by atoms with E-state index in [1.165, 1.54) is 18.2 Å². The fourth-order valence-electron chi connectivity index (χ4n) is 1.56. The van der Waals surface area contributed by atoms with E-state index in [9.17, 15) is 14.9 Å². The Labute approximate surface area is 111 Å². The lowest BCUT2D eigenvalue weighted by molar-refractivity contribution is -0.384. The molecule has 19 heavy (non-hydrogen) atoms. The SMILES string of the molecule is CCCC(Oc1cccc([N+](=O)[O-])c1)C(=O)OCC. The van der Waals surface area contributed by atoms with Crippen molar-refractivity contribution < 1.29 is 19.2 Å². The van der Waals surface area contributed by atoms with Crippen LogP contribution in [-0.4, -0.2) is 23.6 Å². The first-order valence-corrected chi connectivity index (χ1v) is 6.16. The van der Waals surface area contributed by atoms with Crippen molar-refractivity contribution in [2.75, 3.05) is 6.61 Å². The molecule has 0 spiro atoms. The van der Waals surface area contributed by atoms with E-state index in [4.69, 9.17) is 9.47 Å². The lowest BCUT2D eigenvalue weighted by Crippen LogP contribution is -2.29. The van der Waals surface area contributed by atoms with Crippen LogP contribution in [0, 0.1) is 10.1 Å². The molecule has 0 amide bonds. The second kappa shape index (κ2) is 7.35. The number of hydrogen-bond donors (Lipinski definition) is 0. The highest BCUT2D eigenvalue weighted by molar-refractivity contribution is 5.75. The number of hydrogen-bond acceptors (Lipinski definition) is 5. The molecular formula is C13H17NO5. The molecule has 0 bridgehead atoms. The average molecular weight is 267 g/mol. The monoisotopic (exact) mass is 267 g/mol. The third-order valence-electron chi connectivity index (χ3n) is 2.41. The van der Waals surface area contributed by atoms with Gasteiger partial charge in [0.1, 0.15) is 5.75 Å². The molecule has 0 fully saturated rings. The summed E-state index contributed by atoms with van der Waals surface area (Å²) in [6.07, 6.45) is 0.520. The standard InChI is InChI=1S/C13H17NO5/c1-3-6-12(13(15)18-4-2)19-11-8-5-7-10(9-11)14(16)17/h5,7-9,12H,3-4,6H2,1-2H3. The minimum Gasteiger partial charge on any atom is -0.478 e. The van der Waals surface area contributed by atoms with Crippen molar-refractivity contribution in [2.45, 2.75) is 32.8 Å². The van der Waals surface area contributed by atoms with E-state index in [1.54, 1.807) is 13.0 Å². The zero-order chi connectivity index (χ0) is 14.3. The number of non-ortho nitro benzene ring substituents is 1. The van der Waals surface area contributed by atoms with Gasteiger partial charge in [0, 0.05) is 6.07 Å². The maximum absolute atomic E-state index is 11.7. The van der Waals surface area contributed by atoms with Gasteiger partial charge in [-0.1, -0.05) is 19.4 Å².